The summed E-state index contributed by atoms with van der Waals surface area (Å²) in [5.41, 5.74) is 2.85. The molecule has 8 heteroatoms. The van der Waals surface area contributed by atoms with Crippen LogP contribution in [0.3, 0.4) is 0 Å². The summed E-state index contributed by atoms with van der Waals surface area (Å²) in [6.07, 6.45) is 3.28. The number of aromatic nitrogens is 3. The van der Waals surface area contributed by atoms with Gasteiger partial charge in [-0.2, -0.15) is 0 Å². The molecule has 0 amide bonds. The summed E-state index contributed by atoms with van der Waals surface area (Å²) in [6, 6.07) is 10.5. The fraction of sp³-hybridized carbons (Fsp3) is 0.250. The Bertz CT molecular complexity index is 1100. The van der Waals surface area contributed by atoms with E-state index in [1.165, 1.54) is 12.3 Å². The van der Waals surface area contributed by atoms with Crippen molar-refractivity contribution in [3.8, 4) is 22.8 Å². The highest BCUT2D eigenvalue weighted by molar-refractivity contribution is 7.84. The van der Waals surface area contributed by atoms with Crippen molar-refractivity contribution >= 4 is 10.8 Å². The quantitative estimate of drug-likeness (QED) is 0.592. The standard InChI is InChI=1S/C20H21N3O4S/c1-13-9-16(22-20(21-13)28(4)25)15-6-8-19(24)23(12-15)11-14-5-7-17(26-2)18(10-14)27-3/h5-10,12H,11H2,1-4H3. The van der Waals surface area contributed by atoms with Crippen LogP contribution < -0.4 is 15.0 Å². The van der Waals surface area contributed by atoms with E-state index in [1.54, 1.807) is 43.2 Å². The van der Waals surface area contributed by atoms with E-state index in [9.17, 15) is 9.00 Å². The molecule has 0 fully saturated rings. The Kier molecular flexibility index (Phi) is 5.89. The van der Waals surface area contributed by atoms with Gasteiger partial charge < -0.3 is 14.0 Å². The first-order valence-corrected chi connectivity index (χ1v) is 10.1. The van der Waals surface area contributed by atoms with Crippen LogP contribution in [0.4, 0.5) is 0 Å². The van der Waals surface area contributed by atoms with Gasteiger partial charge in [0.2, 0.25) is 5.16 Å². The summed E-state index contributed by atoms with van der Waals surface area (Å²) >= 11 is 0. The Morgan fingerprint density at radius 3 is 2.46 bits per heavy atom. The molecule has 3 rings (SSSR count). The van der Waals surface area contributed by atoms with Crippen molar-refractivity contribution in [3.05, 3.63) is 64.2 Å². The second kappa shape index (κ2) is 8.35. The summed E-state index contributed by atoms with van der Waals surface area (Å²) in [4.78, 5) is 20.9. The minimum atomic E-state index is -1.29. The molecule has 0 spiro atoms. The van der Waals surface area contributed by atoms with Crippen LogP contribution in [0.1, 0.15) is 11.3 Å². The molecule has 146 valence electrons. The van der Waals surface area contributed by atoms with Gasteiger partial charge in [-0.3, -0.25) is 9.00 Å². The van der Waals surface area contributed by atoms with Gasteiger partial charge in [-0.1, -0.05) is 6.07 Å². The van der Waals surface area contributed by atoms with Crippen LogP contribution in [0.15, 0.2) is 52.5 Å². The van der Waals surface area contributed by atoms with Gasteiger partial charge in [0, 0.05) is 29.8 Å². The lowest BCUT2D eigenvalue weighted by Gasteiger charge is -2.12. The van der Waals surface area contributed by atoms with E-state index >= 15 is 0 Å². The predicted molar refractivity (Wildman–Crippen MR) is 107 cm³/mol. The van der Waals surface area contributed by atoms with Crippen molar-refractivity contribution in [2.24, 2.45) is 0 Å². The van der Waals surface area contributed by atoms with Gasteiger partial charge >= 0.3 is 0 Å². The highest BCUT2D eigenvalue weighted by Gasteiger charge is 2.10. The van der Waals surface area contributed by atoms with E-state index in [0.29, 0.717) is 29.4 Å². The molecule has 0 bridgehead atoms. The van der Waals surface area contributed by atoms with Crippen LogP contribution in [-0.4, -0.2) is 39.2 Å². The number of nitrogens with zero attached hydrogens (tertiary/aromatic N) is 3. The van der Waals surface area contributed by atoms with Crippen LogP contribution in [0, 0.1) is 6.92 Å². The zero-order valence-electron chi connectivity index (χ0n) is 16.1. The van der Waals surface area contributed by atoms with Crippen LogP contribution in [0.2, 0.25) is 0 Å². The molecule has 2 heterocycles. The van der Waals surface area contributed by atoms with Crippen molar-refractivity contribution in [3.63, 3.8) is 0 Å². The van der Waals surface area contributed by atoms with Gasteiger partial charge in [-0.25, -0.2) is 9.97 Å². The molecule has 1 atom stereocenters. The van der Waals surface area contributed by atoms with Gasteiger partial charge in [0.1, 0.15) is 0 Å². The van der Waals surface area contributed by atoms with Crippen LogP contribution in [0.5, 0.6) is 11.5 Å². The average Bonchev–Trinajstić information content (AvgIpc) is 2.69. The molecule has 0 aliphatic rings. The van der Waals surface area contributed by atoms with E-state index in [2.05, 4.69) is 9.97 Å². The Labute approximate surface area is 165 Å². The van der Waals surface area contributed by atoms with Gasteiger partial charge in [0.25, 0.3) is 5.56 Å². The normalized spacial score (nSPS) is 11.9. The van der Waals surface area contributed by atoms with Crippen molar-refractivity contribution in [2.45, 2.75) is 18.6 Å². The molecule has 1 unspecified atom stereocenters. The molecule has 3 aromatic rings. The molecule has 0 saturated heterocycles. The maximum Gasteiger partial charge on any atom is 0.250 e. The third-order valence-electron chi connectivity index (χ3n) is 4.17. The SMILES string of the molecule is COc1ccc(Cn2cc(-c3cc(C)nc(S(C)=O)n3)ccc2=O)cc1OC. The summed E-state index contributed by atoms with van der Waals surface area (Å²) in [7, 11) is 1.86. The van der Waals surface area contributed by atoms with Crippen molar-refractivity contribution in [1.29, 1.82) is 0 Å². The van der Waals surface area contributed by atoms with Gasteiger partial charge in [0.05, 0.1) is 37.3 Å². The number of methoxy groups -OCH3 is 2. The average molecular weight is 399 g/mol. The van der Waals surface area contributed by atoms with E-state index in [1.807, 2.05) is 19.1 Å². The number of benzene rings is 1. The second-order valence-corrected chi connectivity index (χ2v) is 7.48. The first-order chi connectivity index (χ1) is 13.4. The topological polar surface area (TPSA) is 83.3 Å². The highest BCUT2D eigenvalue weighted by Crippen LogP contribution is 2.28. The minimum absolute atomic E-state index is 0.136. The summed E-state index contributed by atoms with van der Waals surface area (Å²) in [5.74, 6) is 1.23. The molecule has 2 aromatic heterocycles. The Hall–Kier alpha value is -3.00. The summed E-state index contributed by atoms with van der Waals surface area (Å²) in [5, 5.41) is 0.271. The third kappa shape index (κ3) is 4.28. The maximum atomic E-state index is 12.4. The van der Waals surface area contributed by atoms with Crippen molar-refractivity contribution in [1.82, 2.24) is 14.5 Å². The molecule has 28 heavy (non-hydrogen) atoms. The molecule has 0 aliphatic heterocycles. The fourth-order valence-corrected chi connectivity index (χ4v) is 3.30. The van der Waals surface area contributed by atoms with Crippen LogP contribution >= 0.6 is 0 Å². The zero-order valence-corrected chi connectivity index (χ0v) is 16.9. The molecule has 7 nitrogen and oxygen atoms in total. The van der Waals surface area contributed by atoms with Gasteiger partial charge in [0.15, 0.2) is 11.5 Å². The zero-order chi connectivity index (χ0) is 20.3. The largest absolute Gasteiger partial charge is 0.493 e. The number of rotatable bonds is 6. The van der Waals surface area contributed by atoms with E-state index in [-0.39, 0.29) is 10.7 Å². The lowest BCUT2D eigenvalue weighted by atomic mass is 10.1. The number of hydrogen-bond donors (Lipinski definition) is 0. The first-order valence-electron chi connectivity index (χ1n) is 8.52. The van der Waals surface area contributed by atoms with Gasteiger partial charge in [-0.15, -0.1) is 0 Å². The lowest BCUT2D eigenvalue weighted by Crippen LogP contribution is -2.19. The Morgan fingerprint density at radius 2 is 1.79 bits per heavy atom. The highest BCUT2D eigenvalue weighted by atomic mass is 32.2. The molecule has 0 saturated carbocycles. The summed E-state index contributed by atoms with van der Waals surface area (Å²) < 4.78 is 23.9. The third-order valence-corrected chi connectivity index (χ3v) is 4.87. The van der Waals surface area contributed by atoms with Gasteiger partial charge in [-0.05, 0) is 36.8 Å². The molecular weight excluding hydrogens is 378 g/mol. The van der Waals surface area contributed by atoms with E-state index < -0.39 is 10.8 Å². The molecule has 0 N–H and O–H groups in total. The fourth-order valence-electron chi connectivity index (χ4n) is 2.80. The van der Waals surface area contributed by atoms with Crippen LogP contribution in [-0.2, 0) is 17.3 Å². The van der Waals surface area contributed by atoms with Crippen LogP contribution in [0.25, 0.3) is 11.3 Å². The minimum Gasteiger partial charge on any atom is -0.493 e. The predicted octanol–water partition coefficient (Wildman–Crippen LogP) is 2.42. The number of pyridine rings is 1. The molecule has 1 aromatic carbocycles. The van der Waals surface area contributed by atoms with E-state index in [0.717, 1.165) is 11.1 Å². The smallest absolute Gasteiger partial charge is 0.250 e. The molecule has 0 radical (unpaired) electrons. The summed E-state index contributed by atoms with van der Waals surface area (Å²) in [6.45, 7) is 2.19. The van der Waals surface area contributed by atoms with Crippen molar-refractivity contribution < 1.29 is 13.7 Å². The number of aryl methyl sites for hydroxylation is 1. The maximum absolute atomic E-state index is 12.4. The first kappa shape index (κ1) is 19.8. The Morgan fingerprint density at radius 1 is 1.04 bits per heavy atom. The monoisotopic (exact) mass is 399 g/mol. The van der Waals surface area contributed by atoms with Crippen molar-refractivity contribution in [2.75, 3.05) is 20.5 Å². The number of hydrogen-bond acceptors (Lipinski definition) is 6. The lowest BCUT2D eigenvalue weighted by molar-refractivity contribution is 0.354. The second-order valence-electron chi connectivity index (χ2n) is 6.20. The number of ether oxygens (including phenoxy) is 2. The molecule has 0 aliphatic carbocycles. The molecular formula is C20H21N3O4S. The Balaban J connectivity index is 1.99. The van der Waals surface area contributed by atoms with E-state index in [4.69, 9.17) is 9.47 Å².